The molecule has 2 aromatic heterocycles. The van der Waals surface area contributed by atoms with Crippen LogP contribution in [-0.4, -0.2) is 0 Å². The second-order valence-electron chi connectivity index (χ2n) is 13.7. The Kier molecular flexibility index (Phi) is 6.76. The maximum absolute atomic E-state index is 6.82. The number of furan rings is 1. The summed E-state index contributed by atoms with van der Waals surface area (Å²) in [5, 5.41) is 9.71. The Balaban J connectivity index is 1.15. The molecule has 0 amide bonds. The molecule has 248 valence electrons. The number of nitrogens with zero attached hydrogens (tertiary/aromatic N) is 1. The summed E-state index contributed by atoms with van der Waals surface area (Å²) in [4.78, 5) is 2.41. The molecule has 0 unspecified atom stereocenters. The summed E-state index contributed by atoms with van der Waals surface area (Å²) in [6, 6.07) is 68.0. The Labute approximate surface area is 310 Å². The van der Waals surface area contributed by atoms with E-state index in [9.17, 15) is 0 Å². The number of fused-ring (bicyclic) bond motifs is 8. The average molecular weight is 694 g/mol. The highest BCUT2D eigenvalue weighted by molar-refractivity contribution is 7.25. The predicted octanol–water partition coefficient (Wildman–Crippen LogP) is 15.1. The maximum Gasteiger partial charge on any atom is 0.145 e. The second-order valence-corrected chi connectivity index (χ2v) is 14.8. The first-order chi connectivity index (χ1) is 26.3. The van der Waals surface area contributed by atoms with Crippen molar-refractivity contribution in [3.05, 3.63) is 188 Å². The molecule has 53 heavy (non-hydrogen) atoms. The fourth-order valence-electron chi connectivity index (χ4n) is 8.13. The molecule has 0 aliphatic rings. The van der Waals surface area contributed by atoms with E-state index in [4.69, 9.17) is 4.42 Å². The molecule has 11 aromatic rings. The number of thiophene rings is 1. The van der Waals surface area contributed by atoms with Gasteiger partial charge in [-0.2, -0.15) is 0 Å². The minimum absolute atomic E-state index is 0.878. The number of anilines is 3. The lowest BCUT2D eigenvalue weighted by atomic mass is 9.97. The lowest BCUT2D eigenvalue weighted by Gasteiger charge is -2.27. The molecule has 0 radical (unpaired) electrons. The number of para-hydroxylation sites is 1. The van der Waals surface area contributed by atoms with E-state index in [0.717, 1.165) is 50.1 Å². The zero-order valence-electron chi connectivity index (χ0n) is 28.7. The van der Waals surface area contributed by atoms with Gasteiger partial charge in [-0.25, -0.2) is 0 Å². The van der Waals surface area contributed by atoms with Crippen LogP contribution in [0.3, 0.4) is 0 Å². The van der Waals surface area contributed by atoms with Gasteiger partial charge in [-0.1, -0.05) is 133 Å². The topological polar surface area (TPSA) is 16.4 Å². The van der Waals surface area contributed by atoms with E-state index >= 15 is 0 Å². The molecule has 0 N–H and O–H groups in total. The molecule has 9 aromatic carbocycles. The van der Waals surface area contributed by atoms with Gasteiger partial charge in [0.15, 0.2) is 0 Å². The van der Waals surface area contributed by atoms with Gasteiger partial charge < -0.3 is 9.32 Å². The average Bonchev–Trinajstić information content (AvgIpc) is 3.80. The van der Waals surface area contributed by atoms with Crippen LogP contribution >= 0.6 is 11.3 Å². The maximum atomic E-state index is 6.82. The molecule has 2 heterocycles. The molecule has 2 nitrogen and oxygen atoms in total. The van der Waals surface area contributed by atoms with E-state index < -0.39 is 0 Å². The second kappa shape index (κ2) is 11.9. The van der Waals surface area contributed by atoms with E-state index in [2.05, 4.69) is 193 Å². The Hall–Kier alpha value is -6.68. The molecule has 0 aliphatic heterocycles. The molecule has 0 saturated carbocycles. The van der Waals surface area contributed by atoms with E-state index in [1.165, 1.54) is 52.8 Å². The van der Waals surface area contributed by atoms with E-state index in [1.807, 2.05) is 11.3 Å². The smallest absolute Gasteiger partial charge is 0.145 e. The third kappa shape index (κ3) is 4.86. The summed E-state index contributed by atoms with van der Waals surface area (Å²) < 4.78 is 9.38. The monoisotopic (exact) mass is 693 g/mol. The lowest BCUT2D eigenvalue weighted by molar-refractivity contribution is 0.670. The van der Waals surface area contributed by atoms with Crippen molar-refractivity contribution in [2.45, 2.75) is 0 Å². The Morgan fingerprint density at radius 1 is 0.396 bits per heavy atom. The highest BCUT2D eigenvalue weighted by Crippen LogP contribution is 2.48. The molecular formula is C50H31NOS. The molecule has 0 atom stereocenters. The standard InChI is InChI=1S/C50H31NOS/c1-2-12-35-30-36(21-20-32(35)10-1)41-28-29-45(49-44-16-5-7-18-46(44)52-50(41)49)51(38-26-27-43-42-15-6-8-19-47(42)53-48(43)31-38)37-24-22-34(23-25-37)40-17-9-13-33-11-3-4-14-39(33)40/h1-31H. The van der Waals surface area contributed by atoms with Gasteiger partial charge in [0.05, 0.1) is 11.1 Å². The molecular weight excluding hydrogens is 663 g/mol. The van der Waals surface area contributed by atoms with Gasteiger partial charge in [0, 0.05) is 42.5 Å². The van der Waals surface area contributed by atoms with Crippen LogP contribution in [0, 0.1) is 0 Å². The van der Waals surface area contributed by atoms with Gasteiger partial charge in [0.1, 0.15) is 11.2 Å². The summed E-state index contributed by atoms with van der Waals surface area (Å²) >= 11 is 1.85. The van der Waals surface area contributed by atoms with Crippen molar-refractivity contribution < 1.29 is 4.42 Å². The van der Waals surface area contributed by atoms with Crippen LogP contribution < -0.4 is 4.90 Å². The van der Waals surface area contributed by atoms with Gasteiger partial charge in [0.25, 0.3) is 0 Å². The third-order valence-electron chi connectivity index (χ3n) is 10.7. The summed E-state index contributed by atoms with van der Waals surface area (Å²) in [5.74, 6) is 0. The molecule has 3 heteroatoms. The summed E-state index contributed by atoms with van der Waals surface area (Å²) in [6.07, 6.45) is 0. The van der Waals surface area contributed by atoms with Crippen LogP contribution in [0.1, 0.15) is 0 Å². The summed E-state index contributed by atoms with van der Waals surface area (Å²) in [7, 11) is 0. The summed E-state index contributed by atoms with van der Waals surface area (Å²) in [5.41, 5.74) is 9.67. The van der Waals surface area contributed by atoms with Crippen molar-refractivity contribution in [3.63, 3.8) is 0 Å². The van der Waals surface area contributed by atoms with Crippen molar-refractivity contribution >= 4 is 92.1 Å². The molecule has 11 rings (SSSR count). The predicted molar refractivity (Wildman–Crippen MR) is 227 cm³/mol. The zero-order valence-corrected chi connectivity index (χ0v) is 29.5. The number of benzene rings is 9. The van der Waals surface area contributed by atoms with Crippen LogP contribution in [0.25, 0.3) is 85.9 Å². The van der Waals surface area contributed by atoms with Gasteiger partial charge >= 0.3 is 0 Å². The zero-order chi connectivity index (χ0) is 34.9. The van der Waals surface area contributed by atoms with Crippen LogP contribution in [0.5, 0.6) is 0 Å². The van der Waals surface area contributed by atoms with Gasteiger partial charge in [-0.3, -0.25) is 0 Å². The number of hydrogen-bond donors (Lipinski definition) is 0. The highest BCUT2D eigenvalue weighted by Gasteiger charge is 2.23. The number of hydrogen-bond acceptors (Lipinski definition) is 3. The van der Waals surface area contributed by atoms with Crippen molar-refractivity contribution in [1.29, 1.82) is 0 Å². The SMILES string of the molecule is c1ccc2cc(-c3ccc(N(c4ccc(-c5cccc6ccccc56)cc4)c4ccc5c(c4)sc4ccccc45)c4c3oc3ccccc34)ccc2c1. The van der Waals surface area contributed by atoms with Crippen LogP contribution in [0.2, 0.25) is 0 Å². The molecule has 0 bridgehead atoms. The quantitative estimate of drug-likeness (QED) is 0.178. The minimum atomic E-state index is 0.878. The Bertz CT molecular complexity index is 3180. The van der Waals surface area contributed by atoms with E-state index in [1.54, 1.807) is 0 Å². The summed E-state index contributed by atoms with van der Waals surface area (Å²) in [6.45, 7) is 0. The van der Waals surface area contributed by atoms with E-state index in [-0.39, 0.29) is 0 Å². The van der Waals surface area contributed by atoms with Crippen molar-refractivity contribution in [2.24, 2.45) is 0 Å². The van der Waals surface area contributed by atoms with Crippen LogP contribution in [-0.2, 0) is 0 Å². The highest BCUT2D eigenvalue weighted by atomic mass is 32.1. The van der Waals surface area contributed by atoms with Gasteiger partial charge in [0.2, 0.25) is 0 Å². The Morgan fingerprint density at radius 2 is 1.08 bits per heavy atom. The molecule has 0 saturated heterocycles. The van der Waals surface area contributed by atoms with Crippen molar-refractivity contribution in [1.82, 2.24) is 0 Å². The van der Waals surface area contributed by atoms with Gasteiger partial charge in [-0.15, -0.1) is 11.3 Å². The third-order valence-corrected chi connectivity index (χ3v) is 11.8. The largest absolute Gasteiger partial charge is 0.455 e. The first kappa shape index (κ1) is 30.0. The minimum Gasteiger partial charge on any atom is -0.455 e. The normalized spacial score (nSPS) is 11.8. The number of rotatable bonds is 5. The molecule has 0 aliphatic carbocycles. The first-order valence-corrected chi connectivity index (χ1v) is 18.8. The lowest BCUT2D eigenvalue weighted by Crippen LogP contribution is -2.10. The molecule has 0 spiro atoms. The van der Waals surface area contributed by atoms with Crippen LogP contribution in [0.4, 0.5) is 17.1 Å². The van der Waals surface area contributed by atoms with Crippen LogP contribution in [0.15, 0.2) is 192 Å². The Morgan fingerprint density at radius 3 is 1.96 bits per heavy atom. The van der Waals surface area contributed by atoms with E-state index in [0.29, 0.717) is 0 Å². The van der Waals surface area contributed by atoms with Gasteiger partial charge in [-0.05, 0) is 92.8 Å². The first-order valence-electron chi connectivity index (χ1n) is 18.0. The molecule has 0 fully saturated rings. The van der Waals surface area contributed by atoms with Crippen molar-refractivity contribution in [2.75, 3.05) is 4.90 Å². The fourth-order valence-corrected chi connectivity index (χ4v) is 9.27. The fraction of sp³-hybridized carbons (Fsp3) is 0. The van der Waals surface area contributed by atoms with Crippen molar-refractivity contribution in [3.8, 4) is 22.3 Å².